The van der Waals surface area contributed by atoms with Gasteiger partial charge in [0.25, 0.3) is 5.91 Å². The fraction of sp³-hybridized carbons (Fsp3) is 0.133. The monoisotopic (exact) mass is 365 g/mol. The van der Waals surface area contributed by atoms with Crippen LogP contribution in [0.4, 0.5) is 32.0 Å². The van der Waals surface area contributed by atoms with Gasteiger partial charge in [-0.05, 0) is 30.3 Å². The molecule has 0 aliphatic carbocycles. The number of alkyl halides is 6. The Hall–Kier alpha value is -2.91. The Kier molecular flexibility index (Phi) is 4.56. The summed E-state index contributed by atoms with van der Waals surface area (Å²) >= 11 is 0. The summed E-state index contributed by atoms with van der Waals surface area (Å²) in [5, 5.41) is 20.9. The molecule has 0 atom stereocenters. The van der Waals surface area contributed by atoms with E-state index in [0.29, 0.717) is 12.1 Å². The number of benzene rings is 2. The van der Waals surface area contributed by atoms with E-state index < -0.39 is 52.1 Å². The number of carbonyl (C=O) groups is 1. The number of phenols is 2. The molecule has 2 rings (SSSR count). The number of phenolic OH excluding ortho intramolecular Hbond substituents is 2. The number of nitrogens with one attached hydrogen (secondary N) is 1. The van der Waals surface area contributed by atoms with Gasteiger partial charge in [0.1, 0.15) is 17.1 Å². The van der Waals surface area contributed by atoms with Crippen LogP contribution in [0.15, 0.2) is 36.4 Å². The SMILES string of the molecule is O=C(Nc1cc(C(F)(F)F)cc(C(F)(F)F)c1)c1c(O)cccc1O. The Bertz CT molecular complexity index is 761. The molecule has 0 radical (unpaired) electrons. The number of hydrogen-bond donors (Lipinski definition) is 3. The van der Waals surface area contributed by atoms with Crippen molar-refractivity contribution in [2.75, 3.05) is 5.32 Å². The molecule has 0 saturated heterocycles. The van der Waals surface area contributed by atoms with Gasteiger partial charge in [-0.1, -0.05) is 6.07 Å². The number of amides is 1. The summed E-state index contributed by atoms with van der Waals surface area (Å²) in [7, 11) is 0. The van der Waals surface area contributed by atoms with Crippen LogP contribution in [-0.4, -0.2) is 16.1 Å². The Balaban J connectivity index is 2.47. The van der Waals surface area contributed by atoms with E-state index in [1.807, 2.05) is 0 Å². The van der Waals surface area contributed by atoms with Crippen LogP contribution < -0.4 is 5.32 Å². The molecule has 1 amide bonds. The van der Waals surface area contributed by atoms with Gasteiger partial charge in [0.2, 0.25) is 0 Å². The van der Waals surface area contributed by atoms with Crippen molar-refractivity contribution >= 4 is 11.6 Å². The summed E-state index contributed by atoms with van der Waals surface area (Å²) in [5.41, 5.74) is -4.71. The molecule has 0 aromatic heterocycles. The molecule has 0 spiro atoms. The highest BCUT2D eigenvalue weighted by Gasteiger charge is 2.37. The first kappa shape index (κ1) is 18.4. The predicted octanol–water partition coefficient (Wildman–Crippen LogP) is 4.39. The van der Waals surface area contributed by atoms with E-state index in [4.69, 9.17) is 0 Å². The van der Waals surface area contributed by atoms with Crippen LogP contribution in [-0.2, 0) is 12.4 Å². The first-order valence-corrected chi connectivity index (χ1v) is 6.51. The average Bonchev–Trinajstić information content (AvgIpc) is 2.44. The third-order valence-electron chi connectivity index (χ3n) is 3.09. The smallest absolute Gasteiger partial charge is 0.416 e. The van der Waals surface area contributed by atoms with Crippen LogP contribution in [0.3, 0.4) is 0 Å². The lowest BCUT2D eigenvalue weighted by Gasteiger charge is -2.15. The molecular formula is C15H9F6NO3. The third-order valence-corrected chi connectivity index (χ3v) is 3.09. The Morgan fingerprint density at radius 2 is 1.28 bits per heavy atom. The van der Waals surface area contributed by atoms with Crippen LogP contribution in [0.2, 0.25) is 0 Å². The molecule has 4 nitrogen and oxygen atoms in total. The van der Waals surface area contributed by atoms with Gasteiger partial charge in [-0.2, -0.15) is 26.3 Å². The lowest BCUT2D eigenvalue weighted by molar-refractivity contribution is -0.143. The van der Waals surface area contributed by atoms with Crippen molar-refractivity contribution in [3.8, 4) is 11.5 Å². The van der Waals surface area contributed by atoms with Gasteiger partial charge in [-0.15, -0.1) is 0 Å². The highest BCUT2D eigenvalue weighted by Crippen LogP contribution is 2.38. The molecule has 25 heavy (non-hydrogen) atoms. The number of carbonyl (C=O) groups excluding carboxylic acids is 1. The number of anilines is 1. The van der Waals surface area contributed by atoms with Gasteiger partial charge in [-0.3, -0.25) is 4.79 Å². The lowest BCUT2D eigenvalue weighted by atomic mass is 10.1. The third kappa shape index (κ3) is 4.14. The quantitative estimate of drug-likeness (QED) is 0.692. The van der Waals surface area contributed by atoms with E-state index in [9.17, 15) is 41.4 Å². The zero-order chi connectivity index (χ0) is 19.0. The maximum Gasteiger partial charge on any atom is 0.416 e. The van der Waals surface area contributed by atoms with Gasteiger partial charge in [0.15, 0.2) is 0 Å². The van der Waals surface area contributed by atoms with Gasteiger partial charge < -0.3 is 15.5 Å². The Labute approximate surface area is 136 Å². The van der Waals surface area contributed by atoms with Crippen LogP contribution in [0.1, 0.15) is 21.5 Å². The average molecular weight is 365 g/mol. The van der Waals surface area contributed by atoms with Crippen molar-refractivity contribution in [1.29, 1.82) is 0 Å². The number of aromatic hydroxyl groups is 2. The minimum atomic E-state index is -5.07. The van der Waals surface area contributed by atoms with Crippen LogP contribution in [0.25, 0.3) is 0 Å². The number of hydrogen-bond acceptors (Lipinski definition) is 3. The zero-order valence-electron chi connectivity index (χ0n) is 12.0. The highest BCUT2D eigenvalue weighted by molar-refractivity contribution is 6.08. The molecule has 134 valence electrons. The van der Waals surface area contributed by atoms with Crippen LogP contribution in [0.5, 0.6) is 11.5 Å². The normalized spacial score (nSPS) is 12.1. The Morgan fingerprint density at radius 1 is 0.840 bits per heavy atom. The first-order chi connectivity index (χ1) is 11.4. The topological polar surface area (TPSA) is 69.6 Å². The van der Waals surface area contributed by atoms with Crippen LogP contribution >= 0.6 is 0 Å². The van der Waals surface area contributed by atoms with E-state index in [1.165, 1.54) is 6.07 Å². The van der Waals surface area contributed by atoms with E-state index in [2.05, 4.69) is 0 Å². The van der Waals surface area contributed by atoms with Crippen LogP contribution in [0, 0.1) is 0 Å². The lowest BCUT2D eigenvalue weighted by Crippen LogP contribution is -2.16. The van der Waals surface area contributed by atoms with E-state index in [0.717, 1.165) is 12.1 Å². The summed E-state index contributed by atoms with van der Waals surface area (Å²) in [6.45, 7) is 0. The summed E-state index contributed by atoms with van der Waals surface area (Å²) in [4.78, 5) is 12.0. The number of rotatable bonds is 2. The van der Waals surface area contributed by atoms with Crippen molar-refractivity contribution in [1.82, 2.24) is 0 Å². The molecule has 0 saturated carbocycles. The molecule has 10 heteroatoms. The molecule has 0 unspecified atom stereocenters. The molecule has 0 heterocycles. The molecule has 0 aliphatic rings. The standard InChI is InChI=1S/C15H9F6NO3/c16-14(17,18)7-4-8(15(19,20)21)6-9(5-7)22-13(25)12-10(23)2-1-3-11(12)24/h1-6,23-24H,(H,22,25). The van der Waals surface area contributed by atoms with Gasteiger partial charge in [0.05, 0.1) is 11.1 Å². The molecule has 2 aromatic rings. The highest BCUT2D eigenvalue weighted by atomic mass is 19.4. The molecular weight excluding hydrogens is 356 g/mol. The maximum absolute atomic E-state index is 12.8. The summed E-state index contributed by atoms with van der Waals surface area (Å²) in [5.74, 6) is -2.66. The fourth-order valence-corrected chi connectivity index (χ4v) is 1.98. The van der Waals surface area contributed by atoms with E-state index in [-0.39, 0.29) is 6.07 Å². The minimum absolute atomic E-state index is 0.0902. The largest absolute Gasteiger partial charge is 0.507 e. The molecule has 0 aliphatic heterocycles. The van der Waals surface area contributed by atoms with Crippen molar-refractivity contribution in [2.45, 2.75) is 12.4 Å². The van der Waals surface area contributed by atoms with E-state index >= 15 is 0 Å². The zero-order valence-corrected chi connectivity index (χ0v) is 12.0. The Morgan fingerprint density at radius 3 is 1.68 bits per heavy atom. The second-order valence-electron chi connectivity index (χ2n) is 4.92. The van der Waals surface area contributed by atoms with Gasteiger partial charge >= 0.3 is 12.4 Å². The fourth-order valence-electron chi connectivity index (χ4n) is 1.98. The first-order valence-electron chi connectivity index (χ1n) is 6.51. The summed E-state index contributed by atoms with van der Waals surface area (Å²) in [6, 6.07) is 3.75. The summed E-state index contributed by atoms with van der Waals surface area (Å²) < 4.78 is 76.6. The predicted molar refractivity (Wildman–Crippen MR) is 74.2 cm³/mol. The second kappa shape index (κ2) is 6.19. The van der Waals surface area contributed by atoms with Gasteiger partial charge in [0, 0.05) is 5.69 Å². The van der Waals surface area contributed by atoms with Crippen molar-refractivity contribution in [3.63, 3.8) is 0 Å². The van der Waals surface area contributed by atoms with Crippen molar-refractivity contribution in [3.05, 3.63) is 53.1 Å². The van der Waals surface area contributed by atoms with Gasteiger partial charge in [-0.25, -0.2) is 0 Å². The number of halogens is 6. The maximum atomic E-state index is 12.8. The minimum Gasteiger partial charge on any atom is -0.507 e. The molecule has 3 N–H and O–H groups in total. The second-order valence-corrected chi connectivity index (χ2v) is 4.92. The van der Waals surface area contributed by atoms with Crippen molar-refractivity contribution < 1.29 is 41.4 Å². The van der Waals surface area contributed by atoms with E-state index in [1.54, 1.807) is 5.32 Å². The van der Waals surface area contributed by atoms with Crippen molar-refractivity contribution in [2.24, 2.45) is 0 Å². The summed E-state index contributed by atoms with van der Waals surface area (Å²) in [6.07, 6.45) is -10.1. The molecule has 0 bridgehead atoms. The molecule has 0 fully saturated rings. The molecule has 2 aromatic carbocycles.